The number of aromatic nitrogens is 2. The molecular formula is C28H24N4RuS2. The van der Waals surface area contributed by atoms with Crippen LogP contribution in [0.1, 0.15) is 6.92 Å². The van der Waals surface area contributed by atoms with E-state index in [4.69, 9.17) is 11.1 Å². The third kappa shape index (κ3) is 7.37. The summed E-state index contributed by atoms with van der Waals surface area (Å²) >= 11 is 3.48. The van der Waals surface area contributed by atoms with E-state index in [1.165, 1.54) is 27.5 Å². The number of fused-ring (bicyclic) bond motifs is 2. The van der Waals surface area contributed by atoms with Gasteiger partial charge < -0.3 is 5.73 Å². The van der Waals surface area contributed by atoms with Crippen LogP contribution in [-0.4, -0.2) is 15.8 Å². The molecular weight excluding hydrogens is 558 g/mol. The summed E-state index contributed by atoms with van der Waals surface area (Å²) in [5, 5.41) is 8.47. The van der Waals surface area contributed by atoms with Crippen LogP contribution in [0, 0.1) is 5.41 Å². The molecule has 35 heavy (non-hydrogen) atoms. The molecule has 0 aliphatic carbocycles. The van der Waals surface area contributed by atoms with Crippen molar-refractivity contribution in [3.05, 3.63) is 109 Å². The summed E-state index contributed by atoms with van der Waals surface area (Å²) in [4.78, 5) is 9.20. The minimum absolute atomic E-state index is 0. The van der Waals surface area contributed by atoms with Crippen LogP contribution in [0.25, 0.3) is 41.6 Å². The molecule has 6 aromatic rings. The summed E-state index contributed by atoms with van der Waals surface area (Å²) in [5.41, 5.74) is 9.25. The molecule has 0 unspecified atom stereocenters. The minimum atomic E-state index is 0. The van der Waals surface area contributed by atoms with E-state index in [0.717, 1.165) is 21.0 Å². The van der Waals surface area contributed by atoms with E-state index < -0.39 is 0 Å². The Morgan fingerprint density at radius 3 is 1.26 bits per heavy atom. The first-order valence-corrected chi connectivity index (χ1v) is 12.4. The van der Waals surface area contributed by atoms with E-state index in [2.05, 4.69) is 70.6 Å². The van der Waals surface area contributed by atoms with Crippen LogP contribution in [0.4, 0.5) is 0 Å². The van der Waals surface area contributed by atoms with Crippen molar-refractivity contribution in [3.63, 3.8) is 0 Å². The first kappa shape index (κ1) is 26.4. The Hall–Kier alpha value is -3.25. The number of hydrogen-bond acceptors (Lipinski definition) is 5. The van der Waals surface area contributed by atoms with Crippen molar-refractivity contribution in [3.8, 4) is 21.1 Å². The van der Waals surface area contributed by atoms with Gasteiger partial charge in [-0.1, -0.05) is 84.9 Å². The van der Waals surface area contributed by atoms with Crippen molar-refractivity contribution in [2.75, 3.05) is 0 Å². The number of rotatable bonds is 2. The first-order valence-electron chi connectivity index (χ1n) is 10.7. The average Bonchev–Trinajstić information content (AvgIpc) is 3.50. The first-order chi connectivity index (χ1) is 16.6. The molecule has 0 spiro atoms. The topological polar surface area (TPSA) is 75.7 Å². The van der Waals surface area contributed by atoms with Crippen LogP contribution in [0.15, 0.2) is 109 Å². The molecule has 2 heterocycles. The van der Waals surface area contributed by atoms with Gasteiger partial charge in [-0.2, -0.15) is 0 Å². The minimum Gasteiger partial charge on any atom is -0.388 e. The largest absolute Gasteiger partial charge is 0.388 e. The maximum absolute atomic E-state index is 6.28. The predicted molar refractivity (Wildman–Crippen MR) is 148 cm³/mol. The molecule has 0 amide bonds. The number of thiazole rings is 2. The van der Waals surface area contributed by atoms with E-state index in [0.29, 0.717) is 0 Å². The molecule has 4 nitrogen and oxygen atoms in total. The van der Waals surface area contributed by atoms with Crippen molar-refractivity contribution < 1.29 is 19.5 Å². The second-order valence-electron chi connectivity index (χ2n) is 7.39. The van der Waals surface area contributed by atoms with E-state index in [-0.39, 0.29) is 25.3 Å². The Balaban J connectivity index is 0.000000166. The number of para-hydroxylation sites is 2. The standard InChI is InChI=1S/2C13H9NS.C2H6N2.Ru/c2*1-2-6-10(7-3-1)13-14-11-8-4-5-9-12(11)15-13;1-2(3)4;/h2*1-9H;1H3,(H3,3,4);. The molecule has 176 valence electrons. The SMILES string of the molecule is CC(=N)N.[Ru].c1ccc(-c2nc3ccccc3s2)cc1.c1ccc(-c2nc3ccccc3s2)cc1. The predicted octanol–water partition coefficient (Wildman–Crippen LogP) is 7.87. The van der Waals surface area contributed by atoms with Crippen molar-refractivity contribution in [1.82, 2.24) is 9.97 Å². The molecule has 0 bridgehead atoms. The van der Waals surface area contributed by atoms with Gasteiger partial charge in [-0.05, 0) is 31.2 Å². The van der Waals surface area contributed by atoms with Gasteiger partial charge in [0.15, 0.2) is 0 Å². The molecule has 0 saturated heterocycles. The molecule has 3 N–H and O–H groups in total. The second kappa shape index (κ2) is 13.0. The van der Waals surface area contributed by atoms with Gasteiger partial charge in [0.05, 0.1) is 26.3 Å². The Labute approximate surface area is 225 Å². The van der Waals surface area contributed by atoms with Gasteiger partial charge in [-0.25, -0.2) is 9.97 Å². The molecule has 2 aromatic heterocycles. The zero-order chi connectivity index (χ0) is 23.8. The van der Waals surface area contributed by atoms with Crippen LogP contribution in [0.3, 0.4) is 0 Å². The molecule has 0 fully saturated rings. The Bertz CT molecular complexity index is 1320. The Morgan fingerprint density at radius 1 is 0.600 bits per heavy atom. The summed E-state index contributed by atoms with van der Waals surface area (Å²) in [6, 6.07) is 37.1. The second-order valence-corrected chi connectivity index (χ2v) is 9.45. The van der Waals surface area contributed by atoms with Crippen LogP contribution < -0.4 is 5.73 Å². The quantitative estimate of drug-likeness (QED) is 0.124. The van der Waals surface area contributed by atoms with E-state index in [1.54, 1.807) is 22.7 Å². The van der Waals surface area contributed by atoms with Crippen LogP contribution in [0.2, 0.25) is 0 Å². The van der Waals surface area contributed by atoms with E-state index >= 15 is 0 Å². The normalized spacial score (nSPS) is 9.86. The number of nitrogens with one attached hydrogen (secondary N) is 1. The number of nitrogens with two attached hydrogens (primary N) is 1. The van der Waals surface area contributed by atoms with Gasteiger partial charge in [-0.3, -0.25) is 5.41 Å². The third-order valence-corrected chi connectivity index (χ3v) is 6.80. The summed E-state index contributed by atoms with van der Waals surface area (Å²) in [7, 11) is 0. The van der Waals surface area contributed by atoms with Crippen molar-refractivity contribution >= 4 is 48.9 Å². The van der Waals surface area contributed by atoms with Crippen LogP contribution in [0.5, 0.6) is 0 Å². The fourth-order valence-corrected chi connectivity index (χ4v) is 5.10. The van der Waals surface area contributed by atoms with Gasteiger partial charge in [0, 0.05) is 30.6 Å². The maximum Gasteiger partial charge on any atom is 0.124 e. The smallest absolute Gasteiger partial charge is 0.124 e. The Morgan fingerprint density at radius 2 is 0.914 bits per heavy atom. The molecule has 0 saturated carbocycles. The molecule has 4 aromatic carbocycles. The molecule has 0 aliphatic rings. The Kier molecular flexibility index (Phi) is 9.79. The van der Waals surface area contributed by atoms with Crippen molar-refractivity contribution in [2.24, 2.45) is 5.73 Å². The summed E-state index contributed by atoms with van der Waals surface area (Å²) in [5.74, 6) is 0.167. The van der Waals surface area contributed by atoms with Crippen molar-refractivity contribution in [1.29, 1.82) is 5.41 Å². The number of nitrogens with zero attached hydrogens (tertiary/aromatic N) is 2. The van der Waals surface area contributed by atoms with E-state index in [9.17, 15) is 0 Å². The number of hydrogen-bond donors (Lipinski definition) is 2. The van der Waals surface area contributed by atoms with Gasteiger partial charge in [0.1, 0.15) is 10.0 Å². The van der Waals surface area contributed by atoms with Crippen LogP contribution in [-0.2, 0) is 19.5 Å². The third-order valence-electron chi connectivity index (χ3n) is 4.63. The molecule has 0 atom stereocenters. The van der Waals surface area contributed by atoms with Gasteiger partial charge in [0.2, 0.25) is 0 Å². The maximum atomic E-state index is 6.28. The average molecular weight is 582 g/mol. The van der Waals surface area contributed by atoms with Gasteiger partial charge in [0.25, 0.3) is 0 Å². The fraction of sp³-hybridized carbons (Fsp3) is 0.0357. The van der Waals surface area contributed by atoms with Crippen LogP contribution >= 0.6 is 22.7 Å². The number of benzene rings is 4. The zero-order valence-corrected chi connectivity index (χ0v) is 22.4. The van der Waals surface area contributed by atoms with Gasteiger partial charge in [-0.15, -0.1) is 22.7 Å². The molecule has 6 rings (SSSR count). The molecule has 7 heteroatoms. The van der Waals surface area contributed by atoms with E-state index in [1.807, 2.05) is 48.5 Å². The number of amidine groups is 1. The summed E-state index contributed by atoms with van der Waals surface area (Å²) in [6.07, 6.45) is 0. The summed E-state index contributed by atoms with van der Waals surface area (Å²) < 4.78 is 2.49. The van der Waals surface area contributed by atoms with Crippen molar-refractivity contribution in [2.45, 2.75) is 6.92 Å². The fourth-order valence-electron chi connectivity index (χ4n) is 3.15. The summed E-state index contributed by atoms with van der Waals surface area (Å²) in [6.45, 7) is 1.53. The molecule has 0 radical (unpaired) electrons. The zero-order valence-electron chi connectivity index (χ0n) is 19.0. The molecule has 0 aliphatic heterocycles. The monoisotopic (exact) mass is 582 g/mol. The van der Waals surface area contributed by atoms with Gasteiger partial charge >= 0.3 is 0 Å².